The Kier molecular flexibility index (Phi) is 16.7. The Hall–Kier alpha value is -4.53. The zero-order chi connectivity index (χ0) is 39.2. The number of carbonyl (C=O) groups excluding carboxylic acids is 1. The average Bonchev–Trinajstić information content (AvgIpc) is 3.25. The van der Waals surface area contributed by atoms with Crippen molar-refractivity contribution in [3.05, 3.63) is 59.7 Å². The number of carboxylic acid groups (broad SMARTS) is 3. The Labute approximate surface area is 284 Å². The van der Waals surface area contributed by atoms with Crippen LogP contribution in [0, 0.1) is 18.3 Å². The van der Waals surface area contributed by atoms with E-state index in [9.17, 15) is 44.3 Å². The number of halogens is 9. The molecule has 0 bridgehead atoms. The van der Waals surface area contributed by atoms with Crippen LogP contribution in [0.25, 0.3) is 0 Å². The molecule has 12 nitrogen and oxygen atoms in total. The summed E-state index contributed by atoms with van der Waals surface area (Å²) in [5, 5.41) is 21.4. The maximum absolute atomic E-state index is 13.2. The third-order valence-electron chi connectivity index (χ3n) is 7.19. The van der Waals surface area contributed by atoms with Crippen LogP contribution >= 0.6 is 0 Å². The van der Waals surface area contributed by atoms with Gasteiger partial charge in [0.2, 0.25) is 0 Å². The minimum Gasteiger partial charge on any atom is -0.475 e. The summed E-state index contributed by atoms with van der Waals surface area (Å²) in [5.74, 6) is -8.03. The van der Waals surface area contributed by atoms with Gasteiger partial charge in [0.05, 0.1) is 23.4 Å². The van der Waals surface area contributed by atoms with E-state index in [1.54, 1.807) is 0 Å². The molecular formula is C30H35F9N4O8. The van der Waals surface area contributed by atoms with Gasteiger partial charge in [0.15, 0.2) is 0 Å². The molecule has 4 heterocycles. The quantitative estimate of drug-likeness (QED) is 0.268. The highest BCUT2D eigenvalue weighted by atomic mass is 19.4. The lowest BCUT2D eigenvalue weighted by Gasteiger charge is -2.31. The molecule has 4 rings (SSSR count). The van der Waals surface area contributed by atoms with Gasteiger partial charge in [-0.3, -0.25) is 24.6 Å². The molecule has 0 saturated carbocycles. The van der Waals surface area contributed by atoms with Gasteiger partial charge >= 0.3 is 42.4 Å². The Morgan fingerprint density at radius 3 is 1.75 bits per heavy atom. The summed E-state index contributed by atoms with van der Waals surface area (Å²) in [6, 6.07) is 12.2. The zero-order valence-corrected chi connectivity index (χ0v) is 27.1. The molecule has 2 aromatic rings. The van der Waals surface area contributed by atoms with E-state index in [-0.39, 0.29) is 11.9 Å². The number of pyridine rings is 2. The number of fused-ring (bicyclic) bond motifs is 1. The van der Waals surface area contributed by atoms with Crippen molar-refractivity contribution < 1.29 is 78.7 Å². The number of aryl methyl sites for hydroxylation is 1. The van der Waals surface area contributed by atoms with Crippen molar-refractivity contribution in [1.29, 1.82) is 0 Å². The molecule has 3 N–H and O–H groups in total. The highest BCUT2D eigenvalue weighted by molar-refractivity contribution is 5.78. The first kappa shape index (κ1) is 44.5. The van der Waals surface area contributed by atoms with Crippen molar-refractivity contribution in [1.82, 2.24) is 19.8 Å². The molecule has 2 aliphatic heterocycles. The number of nitrogens with zero attached hydrogens (tertiary/aromatic N) is 4. The zero-order valence-electron chi connectivity index (χ0n) is 27.1. The van der Waals surface area contributed by atoms with Crippen LogP contribution in [0.3, 0.4) is 0 Å². The lowest BCUT2D eigenvalue weighted by molar-refractivity contribution is -0.193. The summed E-state index contributed by atoms with van der Waals surface area (Å²) in [5.41, 5.74) is 2.76. The van der Waals surface area contributed by atoms with Crippen LogP contribution in [-0.4, -0.2) is 110 Å². The van der Waals surface area contributed by atoms with Crippen molar-refractivity contribution in [2.75, 3.05) is 32.8 Å². The van der Waals surface area contributed by atoms with Gasteiger partial charge in [0.25, 0.3) is 0 Å². The third kappa shape index (κ3) is 15.5. The van der Waals surface area contributed by atoms with Crippen LogP contribution in [0.5, 0.6) is 0 Å². The van der Waals surface area contributed by atoms with Gasteiger partial charge in [-0.1, -0.05) is 12.1 Å². The lowest BCUT2D eigenvalue weighted by atomic mass is 9.75. The van der Waals surface area contributed by atoms with Crippen molar-refractivity contribution in [3.8, 4) is 0 Å². The molecule has 0 amide bonds. The molecule has 2 atom stereocenters. The molecule has 0 unspecified atom stereocenters. The second-order valence-electron chi connectivity index (χ2n) is 11.1. The van der Waals surface area contributed by atoms with Gasteiger partial charge in [0.1, 0.15) is 0 Å². The van der Waals surface area contributed by atoms with E-state index in [0.717, 1.165) is 69.2 Å². The van der Waals surface area contributed by atoms with Gasteiger partial charge in [-0.25, -0.2) is 14.4 Å². The van der Waals surface area contributed by atoms with E-state index in [2.05, 4.69) is 38.0 Å². The number of likely N-dealkylation sites (tertiary alicyclic amines) is 2. The number of aliphatic carboxylic acids is 3. The molecule has 2 aliphatic rings. The monoisotopic (exact) mass is 750 g/mol. The Balaban J connectivity index is 0.000000505. The molecule has 0 aliphatic carbocycles. The maximum atomic E-state index is 13.2. The van der Waals surface area contributed by atoms with E-state index in [0.29, 0.717) is 6.61 Å². The third-order valence-corrected chi connectivity index (χ3v) is 7.19. The van der Waals surface area contributed by atoms with Gasteiger partial charge in [0, 0.05) is 50.5 Å². The number of esters is 1. The molecule has 286 valence electrons. The number of carbonyl (C=O) groups is 4. The summed E-state index contributed by atoms with van der Waals surface area (Å²) in [6.45, 7) is 9.50. The van der Waals surface area contributed by atoms with Gasteiger partial charge < -0.3 is 20.1 Å². The SMILES string of the molecule is CCOC(=O)[C@]12CCCN(Cc3ccccn3)C[C@H]1CN(Cc1cccc(C)n1)C2.O=C(O)C(F)(F)F.O=C(O)C(F)(F)F.O=C(O)C(F)(F)F. The molecule has 2 saturated heterocycles. The van der Waals surface area contributed by atoms with Gasteiger partial charge in [-0.05, 0) is 57.5 Å². The van der Waals surface area contributed by atoms with Crippen LogP contribution in [0.4, 0.5) is 39.5 Å². The minimum atomic E-state index is -5.08. The number of carboxylic acids is 3. The molecular weight excluding hydrogens is 715 g/mol. The maximum Gasteiger partial charge on any atom is 0.490 e. The van der Waals surface area contributed by atoms with Crippen LogP contribution < -0.4 is 0 Å². The number of rotatable bonds is 6. The van der Waals surface area contributed by atoms with Gasteiger partial charge in [-0.15, -0.1) is 0 Å². The summed E-state index contributed by atoms with van der Waals surface area (Å²) < 4.78 is 101. The summed E-state index contributed by atoms with van der Waals surface area (Å²) in [4.78, 5) is 53.9. The lowest BCUT2D eigenvalue weighted by Crippen LogP contribution is -2.42. The highest BCUT2D eigenvalue weighted by Crippen LogP contribution is 2.44. The molecule has 51 heavy (non-hydrogen) atoms. The molecule has 2 fully saturated rings. The number of ether oxygens (including phenoxy) is 1. The first-order chi connectivity index (χ1) is 23.4. The molecule has 0 aromatic carbocycles. The van der Waals surface area contributed by atoms with Crippen LogP contribution in [-0.2, 0) is 37.0 Å². The largest absolute Gasteiger partial charge is 0.490 e. The Morgan fingerprint density at radius 2 is 1.29 bits per heavy atom. The predicted molar refractivity (Wildman–Crippen MR) is 157 cm³/mol. The van der Waals surface area contributed by atoms with Crippen LogP contribution in [0.1, 0.15) is 36.8 Å². The van der Waals surface area contributed by atoms with Crippen molar-refractivity contribution in [3.63, 3.8) is 0 Å². The fourth-order valence-electron chi connectivity index (χ4n) is 5.13. The van der Waals surface area contributed by atoms with E-state index in [1.807, 2.05) is 38.2 Å². The topological polar surface area (TPSA) is 170 Å². The van der Waals surface area contributed by atoms with E-state index >= 15 is 0 Å². The van der Waals surface area contributed by atoms with Crippen molar-refractivity contribution in [2.45, 2.75) is 58.3 Å². The van der Waals surface area contributed by atoms with E-state index < -0.39 is 41.9 Å². The first-order valence-electron chi connectivity index (χ1n) is 14.8. The second kappa shape index (κ2) is 19.2. The minimum absolute atomic E-state index is 0.0191. The van der Waals surface area contributed by atoms with Gasteiger partial charge in [-0.2, -0.15) is 39.5 Å². The molecule has 0 spiro atoms. The fourth-order valence-corrected chi connectivity index (χ4v) is 5.13. The fraction of sp³-hybridized carbons (Fsp3) is 0.533. The first-order valence-corrected chi connectivity index (χ1v) is 14.8. The highest BCUT2D eigenvalue weighted by Gasteiger charge is 2.54. The number of aromatic nitrogens is 2. The van der Waals surface area contributed by atoms with Crippen LogP contribution in [0.15, 0.2) is 42.6 Å². The number of alkyl halides is 9. The van der Waals surface area contributed by atoms with Crippen LogP contribution in [0.2, 0.25) is 0 Å². The number of hydrogen-bond acceptors (Lipinski definition) is 9. The Bertz CT molecular complexity index is 1390. The number of hydrogen-bond donors (Lipinski definition) is 3. The summed E-state index contributed by atoms with van der Waals surface area (Å²) >= 11 is 0. The Morgan fingerprint density at radius 1 is 0.804 bits per heavy atom. The normalized spacial score (nSPS) is 19.3. The smallest absolute Gasteiger partial charge is 0.475 e. The van der Waals surface area contributed by atoms with E-state index in [1.165, 1.54) is 0 Å². The van der Waals surface area contributed by atoms with E-state index in [4.69, 9.17) is 34.4 Å². The predicted octanol–water partition coefficient (Wildman–Crippen LogP) is 4.96. The van der Waals surface area contributed by atoms with Crippen molar-refractivity contribution in [2.24, 2.45) is 11.3 Å². The summed E-state index contributed by atoms with van der Waals surface area (Å²) in [7, 11) is 0. The van der Waals surface area contributed by atoms with Crippen molar-refractivity contribution >= 4 is 23.9 Å². The molecule has 21 heteroatoms. The average molecular weight is 751 g/mol. The standard InChI is InChI=1S/C24H32N4O2.3C2HF3O2/c1-3-30-23(29)24-11-7-13-27(16-21-9-4-5-12-25-21)14-20(24)15-28(18-24)17-22-10-6-8-19(2)26-22;3*3-2(4,5)1(6)7/h4-6,8-10,12,20H,3,7,11,13-18H2,1-2H3;3*(H,6,7)/t20-,24-;;;/m0.../s1. The molecule has 0 radical (unpaired) electrons. The molecule has 2 aromatic heterocycles. The summed E-state index contributed by atoms with van der Waals surface area (Å²) in [6.07, 6.45) is -11.5. The second-order valence-corrected chi connectivity index (χ2v) is 11.1.